The number of carboxylic acids is 1. The number of benzene rings is 2. The van der Waals surface area contributed by atoms with Crippen molar-refractivity contribution in [3.8, 4) is 5.75 Å². The van der Waals surface area contributed by atoms with Crippen LogP contribution in [0.2, 0.25) is 0 Å². The third-order valence-electron chi connectivity index (χ3n) is 2.25. The molecule has 4 N–H and O–H groups in total. The van der Waals surface area contributed by atoms with Crippen molar-refractivity contribution in [3.05, 3.63) is 35.9 Å². The van der Waals surface area contributed by atoms with Gasteiger partial charge in [-0.05, 0) is 23.6 Å². The number of aromatic carboxylic acids is 1. The molecular weight excluding hydrogens is 194 g/mol. The average molecular weight is 203 g/mol. The summed E-state index contributed by atoms with van der Waals surface area (Å²) in [5.74, 6) is -1.40. The van der Waals surface area contributed by atoms with Crippen LogP contribution in [0.15, 0.2) is 30.3 Å². The van der Waals surface area contributed by atoms with Crippen LogP contribution in [0.4, 0.5) is 5.69 Å². The van der Waals surface area contributed by atoms with Crippen LogP contribution in [0, 0.1) is 0 Å². The Labute approximate surface area is 85.6 Å². The SMILES string of the molecule is Nc1ccc2ccc(C(=O)O)c(O)c2c1. The van der Waals surface area contributed by atoms with Gasteiger partial charge in [-0.1, -0.05) is 12.1 Å². The monoisotopic (exact) mass is 203 g/mol. The molecule has 0 fully saturated rings. The summed E-state index contributed by atoms with van der Waals surface area (Å²) in [5, 5.41) is 19.7. The average Bonchev–Trinajstić information content (AvgIpc) is 2.19. The molecule has 0 aliphatic carbocycles. The Balaban J connectivity index is 2.82. The number of phenols is 1. The maximum atomic E-state index is 10.8. The Kier molecular flexibility index (Phi) is 1.97. The molecule has 0 radical (unpaired) electrons. The highest BCUT2D eigenvalue weighted by Gasteiger charge is 2.12. The van der Waals surface area contributed by atoms with Gasteiger partial charge in [-0.2, -0.15) is 0 Å². The van der Waals surface area contributed by atoms with Crippen molar-refractivity contribution < 1.29 is 15.0 Å². The highest BCUT2D eigenvalue weighted by Crippen LogP contribution is 2.30. The Morgan fingerprint density at radius 1 is 1.20 bits per heavy atom. The number of carbonyl (C=O) groups is 1. The van der Waals surface area contributed by atoms with Crippen LogP contribution in [0.1, 0.15) is 10.4 Å². The van der Waals surface area contributed by atoms with E-state index in [1.54, 1.807) is 24.3 Å². The van der Waals surface area contributed by atoms with Crippen molar-refractivity contribution in [1.29, 1.82) is 0 Å². The molecule has 2 rings (SSSR count). The first-order valence-electron chi connectivity index (χ1n) is 4.34. The number of rotatable bonds is 1. The van der Waals surface area contributed by atoms with E-state index in [1.807, 2.05) is 0 Å². The molecule has 4 heteroatoms. The lowest BCUT2D eigenvalue weighted by Gasteiger charge is -2.05. The second-order valence-corrected chi connectivity index (χ2v) is 3.25. The molecule has 0 spiro atoms. The zero-order chi connectivity index (χ0) is 11.0. The predicted molar refractivity (Wildman–Crippen MR) is 57.0 cm³/mol. The van der Waals surface area contributed by atoms with Crippen molar-refractivity contribution in [2.75, 3.05) is 5.73 Å². The third-order valence-corrected chi connectivity index (χ3v) is 2.25. The minimum atomic E-state index is -1.16. The van der Waals surface area contributed by atoms with Crippen molar-refractivity contribution in [2.45, 2.75) is 0 Å². The van der Waals surface area contributed by atoms with Gasteiger partial charge in [0, 0.05) is 11.1 Å². The van der Waals surface area contributed by atoms with E-state index in [-0.39, 0.29) is 11.3 Å². The molecular formula is C11H9NO3. The van der Waals surface area contributed by atoms with Gasteiger partial charge in [0.25, 0.3) is 0 Å². The number of nitrogen functional groups attached to an aromatic ring is 1. The summed E-state index contributed by atoms with van der Waals surface area (Å²) in [4.78, 5) is 10.8. The van der Waals surface area contributed by atoms with Gasteiger partial charge < -0.3 is 15.9 Å². The van der Waals surface area contributed by atoms with E-state index in [9.17, 15) is 9.90 Å². The van der Waals surface area contributed by atoms with E-state index in [1.165, 1.54) is 6.07 Å². The Bertz CT molecular complexity index is 549. The molecule has 0 aliphatic rings. The molecule has 0 atom stereocenters. The maximum absolute atomic E-state index is 10.8. The van der Waals surface area contributed by atoms with E-state index in [0.29, 0.717) is 11.1 Å². The Morgan fingerprint density at radius 2 is 1.87 bits per heavy atom. The van der Waals surface area contributed by atoms with Crippen LogP contribution >= 0.6 is 0 Å². The second kappa shape index (κ2) is 3.16. The van der Waals surface area contributed by atoms with Crippen LogP contribution < -0.4 is 5.73 Å². The second-order valence-electron chi connectivity index (χ2n) is 3.25. The van der Waals surface area contributed by atoms with E-state index < -0.39 is 5.97 Å². The predicted octanol–water partition coefficient (Wildman–Crippen LogP) is 1.83. The molecule has 76 valence electrons. The summed E-state index contributed by atoms with van der Waals surface area (Å²) in [6, 6.07) is 7.99. The van der Waals surface area contributed by atoms with Gasteiger partial charge >= 0.3 is 5.97 Å². The van der Waals surface area contributed by atoms with Crippen LogP contribution in [0.3, 0.4) is 0 Å². The number of carboxylic acid groups (broad SMARTS) is 1. The van der Waals surface area contributed by atoms with Crippen LogP contribution in [-0.4, -0.2) is 16.2 Å². The summed E-state index contributed by atoms with van der Waals surface area (Å²) in [6.45, 7) is 0. The van der Waals surface area contributed by atoms with Gasteiger partial charge in [-0.25, -0.2) is 4.79 Å². The molecule has 2 aromatic carbocycles. The normalized spacial score (nSPS) is 10.4. The van der Waals surface area contributed by atoms with Crippen molar-refractivity contribution in [2.24, 2.45) is 0 Å². The largest absolute Gasteiger partial charge is 0.506 e. The van der Waals surface area contributed by atoms with Crippen molar-refractivity contribution in [1.82, 2.24) is 0 Å². The Hall–Kier alpha value is -2.23. The fourth-order valence-electron chi connectivity index (χ4n) is 1.49. The molecule has 0 saturated carbocycles. The number of hydrogen-bond acceptors (Lipinski definition) is 3. The fourth-order valence-corrected chi connectivity index (χ4v) is 1.49. The van der Waals surface area contributed by atoms with Crippen molar-refractivity contribution >= 4 is 22.4 Å². The molecule has 0 bridgehead atoms. The number of nitrogens with two attached hydrogens (primary N) is 1. The number of hydrogen-bond donors (Lipinski definition) is 3. The minimum Gasteiger partial charge on any atom is -0.506 e. The van der Waals surface area contributed by atoms with Gasteiger partial charge in [0.2, 0.25) is 0 Å². The first-order chi connectivity index (χ1) is 7.09. The molecule has 0 heterocycles. The summed E-state index contributed by atoms with van der Waals surface area (Å²) in [6.07, 6.45) is 0. The topological polar surface area (TPSA) is 83.6 Å². The lowest BCUT2D eigenvalue weighted by atomic mass is 10.0. The van der Waals surface area contributed by atoms with Gasteiger partial charge in [0.1, 0.15) is 11.3 Å². The molecule has 0 aromatic heterocycles. The molecule has 0 unspecified atom stereocenters. The summed E-state index contributed by atoms with van der Waals surface area (Å²) in [7, 11) is 0. The number of aromatic hydroxyl groups is 1. The van der Waals surface area contributed by atoms with E-state index in [4.69, 9.17) is 10.8 Å². The lowest BCUT2D eigenvalue weighted by molar-refractivity contribution is 0.0694. The zero-order valence-corrected chi connectivity index (χ0v) is 7.77. The van der Waals surface area contributed by atoms with E-state index >= 15 is 0 Å². The van der Waals surface area contributed by atoms with Gasteiger partial charge in [-0.3, -0.25) is 0 Å². The summed E-state index contributed by atoms with van der Waals surface area (Å²) < 4.78 is 0. The van der Waals surface area contributed by atoms with Gasteiger partial charge in [-0.15, -0.1) is 0 Å². The van der Waals surface area contributed by atoms with Gasteiger partial charge in [0.05, 0.1) is 0 Å². The van der Waals surface area contributed by atoms with E-state index in [0.717, 1.165) is 5.39 Å². The first-order valence-corrected chi connectivity index (χ1v) is 4.34. The highest BCUT2D eigenvalue weighted by molar-refractivity contribution is 6.01. The molecule has 0 aliphatic heterocycles. The lowest BCUT2D eigenvalue weighted by Crippen LogP contribution is -1.97. The fraction of sp³-hybridized carbons (Fsp3) is 0. The molecule has 0 amide bonds. The zero-order valence-electron chi connectivity index (χ0n) is 7.77. The van der Waals surface area contributed by atoms with Gasteiger partial charge in [0.15, 0.2) is 0 Å². The van der Waals surface area contributed by atoms with E-state index in [2.05, 4.69) is 0 Å². The summed E-state index contributed by atoms with van der Waals surface area (Å²) in [5.41, 5.74) is 5.93. The van der Waals surface area contributed by atoms with Crippen molar-refractivity contribution in [3.63, 3.8) is 0 Å². The highest BCUT2D eigenvalue weighted by atomic mass is 16.4. The molecule has 15 heavy (non-hydrogen) atoms. The Morgan fingerprint density at radius 3 is 2.53 bits per heavy atom. The molecule has 2 aromatic rings. The number of anilines is 1. The molecule has 0 saturated heterocycles. The standard InChI is InChI=1S/C11H9NO3/c12-7-3-1-6-2-4-8(11(14)15)10(13)9(6)5-7/h1-5,13H,12H2,(H,14,15). The van der Waals surface area contributed by atoms with Crippen LogP contribution in [0.25, 0.3) is 10.8 Å². The molecule has 4 nitrogen and oxygen atoms in total. The third kappa shape index (κ3) is 1.46. The van der Waals surface area contributed by atoms with Crippen LogP contribution in [0.5, 0.6) is 5.75 Å². The first kappa shape index (κ1) is 9.33. The maximum Gasteiger partial charge on any atom is 0.339 e. The summed E-state index contributed by atoms with van der Waals surface area (Å²) >= 11 is 0. The quantitative estimate of drug-likeness (QED) is 0.617. The minimum absolute atomic E-state index is 0.117. The smallest absolute Gasteiger partial charge is 0.339 e. The van der Waals surface area contributed by atoms with Crippen LogP contribution in [-0.2, 0) is 0 Å². The number of fused-ring (bicyclic) bond motifs is 1.